The molecular weight excluding hydrogens is 477 g/mol. The van der Waals surface area contributed by atoms with Crippen molar-refractivity contribution in [2.24, 2.45) is 0 Å². The predicted octanol–water partition coefficient (Wildman–Crippen LogP) is 3.36. The van der Waals surface area contributed by atoms with Gasteiger partial charge in [0.2, 0.25) is 0 Å². The largest absolute Gasteiger partial charge is 0.443 e. The summed E-state index contributed by atoms with van der Waals surface area (Å²) >= 11 is 1.05. The fraction of sp³-hybridized carbons (Fsp3) is 0.667. The summed E-state index contributed by atoms with van der Waals surface area (Å²) in [5.41, 5.74) is 3.66. The monoisotopic (exact) mass is 506 g/mol. The van der Waals surface area contributed by atoms with Gasteiger partial charge in [-0.15, -0.1) is 11.3 Å². The van der Waals surface area contributed by atoms with Gasteiger partial charge in [-0.1, -0.05) is 0 Å². The van der Waals surface area contributed by atoms with Crippen LogP contribution < -0.4 is 22.1 Å². The van der Waals surface area contributed by atoms with E-state index in [2.05, 4.69) is 10.9 Å². The molecule has 190 valence electrons. The maximum atomic E-state index is 13.3. The van der Waals surface area contributed by atoms with Crippen molar-refractivity contribution >= 4 is 27.6 Å². The molecule has 13 heteroatoms. The molecule has 1 amide bonds. The number of hydrogen-bond acceptors (Lipinski definition) is 7. The van der Waals surface area contributed by atoms with Crippen LogP contribution in [0.1, 0.15) is 56.5 Å². The second-order valence-corrected chi connectivity index (χ2v) is 10.4. The second kappa shape index (κ2) is 9.70. The number of halogens is 3. The first-order chi connectivity index (χ1) is 15.7. The predicted molar refractivity (Wildman–Crippen MR) is 121 cm³/mol. The molecule has 0 bridgehead atoms. The third-order valence-electron chi connectivity index (χ3n) is 5.57. The SMILES string of the molecule is CO[C@H]1C[C@@H](n2c(=O)c3c(C)c(CNNC(=O)OC(C)(C)C)sc3n(CCC(F)(F)F)c2=O)C1. The Bertz CT molecular complexity index is 1170. The highest BCUT2D eigenvalue weighted by Crippen LogP contribution is 2.34. The smallest absolute Gasteiger partial charge is 0.422 e. The van der Waals surface area contributed by atoms with Crippen LogP contribution in [0.25, 0.3) is 10.2 Å². The van der Waals surface area contributed by atoms with Gasteiger partial charge in [0.05, 0.1) is 17.9 Å². The van der Waals surface area contributed by atoms with Crippen LogP contribution in [0.4, 0.5) is 18.0 Å². The van der Waals surface area contributed by atoms with E-state index in [0.717, 1.165) is 20.5 Å². The van der Waals surface area contributed by atoms with Crippen LogP contribution in [0.5, 0.6) is 0 Å². The summed E-state index contributed by atoms with van der Waals surface area (Å²) in [4.78, 5) is 39.1. The molecule has 2 aromatic rings. The molecule has 1 aliphatic rings. The minimum Gasteiger partial charge on any atom is -0.443 e. The van der Waals surface area contributed by atoms with Gasteiger partial charge in [-0.05, 0) is 46.1 Å². The zero-order chi connectivity index (χ0) is 25.4. The standard InChI is InChI=1S/C21H29F3N4O5S/c1-11-14(10-25-26-18(30)33-20(2,3)4)34-17-15(11)16(29)28(12-8-13(9-12)32-5)19(31)27(17)7-6-21(22,23)24/h12-13,25H,6-10H2,1-5H3,(H,26,30)/t12-,13+. The molecule has 2 N–H and O–H groups in total. The van der Waals surface area contributed by atoms with Crippen molar-refractivity contribution in [2.45, 2.75) is 84.0 Å². The van der Waals surface area contributed by atoms with E-state index >= 15 is 0 Å². The number of aryl methyl sites for hydroxylation is 2. The van der Waals surface area contributed by atoms with Crippen molar-refractivity contribution in [3.05, 3.63) is 31.3 Å². The molecule has 3 rings (SSSR count). The molecule has 0 aromatic carbocycles. The van der Waals surface area contributed by atoms with Gasteiger partial charge in [0, 0.05) is 31.1 Å². The van der Waals surface area contributed by atoms with Crippen LogP contribution in [-0.2, 0) is 22.6 Å². The first-order valence-electron chi connectivity index (χ1n) is 10.8. The Morgan fingerprint density at radius 2 is 1.85 bits per heavy atom. The van der Waals surface area contributed by atoms with E-state index < -0.39 is 48.1 Å². The van der Waals surface area contributed by atoms with Crippen LogP contribution >= 0.6 is 11.3 Å². The summed E-state index contributed by atoms with van der Waals surface area (Å²) in [6.07, 6.45) is -5.58. The number of alkyl halides is 3. The van der Waals surface area contributed by atoms with Gasteiger partial charge in [-0.2, -0.15) is 13.2 Å². The van der Waals surface area contributed by atoms with Gasteiger partial charge >= 0.3 is 18.0 Å². The third-order valence-corrected chi connectivity index (χ3v) is 6.88. The van der Waals surface area contributed by atoms with Crippen molar-refractivity contribution in [2.75, 3.05) is 7.11 Å². The number of fused-ring (bicyclic) bond motifs is 1. The average Bonchev–Trinajstić information content (AvgIpc) is 2.97. The molecule has 0 saturated heterocycles. The lowest BCUT2D eigenvalue weighted by molar-refractivity contribution is -0.136. The minimum atomic E-state index is -4.46. The molecule has 1 aliphatic carbocycles. The molecule has 0 spiro atoms. The number of nitrogens with one attached hydrogen (secondary N) is 2. The van der Waals surface area contributed by atoms with Gasteiger partial charge in [0.1, 0.15) is 10.4 Å². The Morgan fingerprint density at radius 1 is 1.21 bits per heavy atom. The minimum absolute atomic E-state index is 0.0898. The number of carbonyl (C=O) groups is 1. The number of hydrazine groups is 1. The third kappa shape index (κ3) is 5.81. The summed E-state index contributed by atoms with van der Waals surface area (Å²) in [5, 5.41) is 0.210. The van der Waals surface area contributed by atoms with Gasteiger partial charge in [0.15, 0.2) is 0 Å². The zero-order valence-corrected chi connectivity index (χ0v) is 20.5. The number of amides is 1. The number of aromatic nitrogens is 2. The molecule has 34 heavy (non-hydrogen) atoms. The molecule has 2 heterocycles. The molecule has 1 saturated carbocycles. The van der Waals surface area contributed by atoms with Crippen molar-refractivity contribution in [3.8, 4) is 0 Å². The number of rotatable bonds is 7. The zero-order valence-electron chi connectivity index (χ0n) is 19.7. The van der Waals surface area contributed by atoms with E-state index in [-0.39, 0.29) is 22.9 Å². The number of ether oxygens (including phenoxy) is 2. The van der Waals surface area contributed by atoms with E-state index in [1.165, 1.54) is 7.11 Å². The number of nitrogens with zero attached hydrogens (tertiary/aromatic N) is 2. The number of methoxy groups -OCH3 is 1. The van der Waals surface area contributed by atoms with Crippen LogP contribution in [0, 0.1) is 6.92 Å². The van der Waals surface area contributed by atoms with Crippen LogP contribution in [-0.4, -0.2) is 40.2 Å². The van der Waals surface area contributed by atoms with Crippen molar-refractivity contribution in [1.29, 1.82) is 0 Å². The fourth-order valence-electron chi connectivity index (χ4n) is 3.78. The van der Waals surface area contributed by atoms with Crippen LogP contribution in [0.2, 0.25) is 0 Å². The maximum absolute atomic E-state index is 13.3. The Morgan fingerprint density at radius 3 is 2.41 bits per heavy atom. The molecule has 0 unspecified atom stereocenters. The van der Waals surface area contributed by atoms with E-state index in [4.69, 9.17) is 9.47 Å². The molecule has 1 fully saturated rings. The normalized spacial score (nSPS) is 18.7. The molecule has 0 radical (unpaired) electrons. The van der Waals surface area contributed by atoms with Crippen molar-refractivity contribution < 1.29 is 27.4 Å². The lowest BCUT2D eigenvalue weighted by atomic mass is 9.89. The number of thiophene rings is 1. The molecule has 0 aliphatic heterocycles. The van der Waals surface area contributed by atoms with Crippen LogP contribution in [0.3, 0.4) is 0 Å². The van der Waals surface area contributed by atoms with E-state index in [1.807, 2.05) is 0 Å². The van der Waals surface area contributed by atoms with Crippen molar-refractivity contribution in [1.82, 2.24) is 20.0 Å². The van der Waals surface area contributed by atoms with Crippen molar-refractivity contribution in [3.63, 3.8) is 0 Å². The Kier molecular flexibility index (Phi) is 7.48. The highest BCUT2D eigenvalue weighted by molar-refractivity contribution is 7.18. The molecule has 2 aromatic heterocycles. The number of hydrogen-bond donors (Lipinski definition) is 2. The summed E-state index contributed by atoms with van der Waals surface area (Å²) in [6.45, 7) is 6.31. The lowest BCUT2D eigenvalue weighted by Crippen LogP contribution is -2.47. The highest BCUT2D eigenvalue weighted by atomic mass is 32.1. The maximum Gasteiger partial charge on any atom is 0.422 e. The van der Waals surface area contributed by atoms with Gasteiger partial charge in [-0.25, -0.2) is 15.0 Å². The summed E-state index contributed by atoms with van der Waals surface area (Å²) in [6, 6.07) is -0.429. The fourth-order valence-corrected chi connectivity index (χ4v) is 5.03. The summed E-state index contributed by atoms with van der Waals surface area (Å²) in [7, 11) is 1.53. The van der Waals surface area contributed by atoms with Gasteiger partial charge < -0.3 is 9.47 Å². The quantitative estimate of drug-likeness (QED) is 0.559. The molecular formula is C21H29F3N4O5S. The summed E-state index contributed by atoms with van der Waals surface area (Å²) in [5.74, 6) is 0. The molecule has 0 atom stereocenters. The highest BCUT2D eigenvalue weighted by Gasteiger charge is 2.35. The lowest BCUT2D eigenvalue weighted by Gasteiger charge is -2.35. The van der Waals surface area contributed by atoms with Crippen LogP contribution in [0.15, 0.2) is 9.59 Å². The Balaban J connectivity index is 1.97. The second-order valence-electron chi connectivity index (χ2n) is 9.27. The Labute approximate surface area is 197 Å². The first-order valence-corrected chi connectivity index (χ1v) is 11.6. The topological polar surface area (TPSA) is 104 Å². The summed E-state index contributed by atoms with van der Waals surface area (Å²) < 4.78 is 51.4. The van der Waals surface area contributed by atoms with E-state index in [0.29, 0.717) is 23.3 Å². The van der Waals surface area contributed by atoms with Gasteiger partial charge in [0.25, 0.3) is 5.56 Å². The molecule has 9 nitrogen and oxygen atoms in total. The van der Waals surface area contributed by atoms with Gasteiger partial charge in [-0.3, -0.25) is 19.4 Å². The average molecular weight is 507 g/mol. The number of carbonyl (C=O) groups excluding carboxylic acids is 1. The van der Waals surface area contributed by atoms with E-state index in [1.54, 1.807) is 27.7 Å². The Hall–Kier alpha value is -2.38. The first kappa shape index (κ1) is 26.2. The van der Waals surface area contributed by atoms with E-state index in [9.17, 15) is 27.6 Å².